The maximum absolute atomic E-state index is 11.4. The molecule has 2 N–H and O–H groups in total. The van der Waals surface area contributed by atoms with Gasteiger partial charge in [-0.05, 0) is 11.1 Å². The summed E-state index contributed by atoms with van der Waals surface area (Å²) in [6.45, 7) is 4.17. The van der Waals surface area contributed by atoms with E-state index in [0.29, 0.717) is 26.2 Å². The fraction of sp³-hybridized carbons (Fsp3) is 0.500. The highest BCUT2D eigenvalue weighted by atomic mass is 16.3. The highest BCUT2D eigenvalue weighted by Gasteiger charge is 2.25. The molecule has 2 heterocycles. The summed E-state index contributed by atoms with van der Waals surface area (Å²) in [7, 11) is 0. The second-order valence-corrected chi connectivity index (χ2v) is 5.27. The van der Waals surface area contributed by atoms with Crippen molar-refractivity contribution < 1.29 is 9.90 Å². The Bertz CT molecular complexity index is 453. The standard InChI is InChI=1S/C14H19N3O2/c18-13(10-17-6-5-15-14(17)19)9-16-7-11-3-1-2-4-12(11)8-16/h1-4,13,18H,5-10H2,(H,15,19). The van der Waals surface area contributed by atoms with E-state index in [9.17, 15) is 9.90 Å². The fourth-order valence-corrected chi connectivity index (χ4v) is 2.83. The fourth-order valence-electron chi connectivity index (χ4n) is 2.83. The van der Waals surface area contributed by atoms with Crippen LogP contribution in [0.5, 0.6) is 0 Å². The first-order valence-corrected chi connectivity index (χ1v) is 6.72. The Morgan fingerprint density at radius 1 is 1.21 bits per heavy atom. The molecule has 1 saturated heterocycles. The number of aliphatic hydroxyl groups excluding tert-OH is 1. The molecule has 2 amide bonds. The third kappa shape index (κ3) is 2.72. The van der Waals surface area contributed by atoms with Gasteiger partial charge in [-0.1, -0.05) is 24.3 Å². The van der Waals surface area contributed by atoms with Crippen LogP contribution in [0.1, 0.15) is 11.1 Å². The average molecular weight is 261 g/mol. The second-order valence-electron chi connectivity index (χ2n) is 5.27. The molecule has 1 aromatic rings. The van der Waals surface area contributed by atoms with Crippen LogP contribution in [0.4, 0.5) is 4.79 Å². The Morgan fingerprint density at radius 2 is 1.89 bits per heavy atom. The molecule has 2 aliphatic rings. The highest BCUT2D eigenvalue weighted by molar-refractivity contribution is 5.76. The van der Waals surface area contributed by atoms with Gasteiger partial charge in [-0.15, -0.1) is 0 Å². The maximum atomic E-state index is 11.4. The van der Waals surface area contributed by atoms with Gasteiger partial charge >= 0.3 is 6.03 Å². The van der Waals surface area contributed by atoms with E-state index < -0.39 is 6.10 Å². The van der Waals surface area contributed by atoms with E-state index in [-0.39, 0.29) is 6.03 Å². The summed E-state index contributed by atoms with van der Waals surface area (Å²) in [4.78, 5) is 15.3. The van der Waals surface area contributed by atoms with Crippen LogP contribution >= 0.6 is 0 Å². The van der Waals surface area contributed by atoms with Gasteiger partial charge < -0.3 is 15.3 Å². The molecular weight excluding hydrogens is 242 g/mol. The van der Waals surface area contributed by atoms with Crippen molar-refractivity contribution in [2.75, 3.05) is 26.2 Å². The predicted molar refractivity (Wildman–Crippen MR) is 71.5 cm³/mol. The first-order chi connectivity index (χ1) is 9.22. The zero-order valence-electron chi connectivity index (χ0n) is 10.9. The molecule has 1 atom stereocenters. The van der Waals surface area contributed by atoms with Gasteiger partial charge in [-0.2, -0.15) is 0 Å². The van der Waals surface area contributed by atoms with Crippen molar-refractivity contribution in [2.24, 2.45) is 0 Å². The summed E-state index contributed by atoms with van der Waals surface area (Å²) in [6, 6.07) is 8.30. The lowest BCUT2D eigenvalue weighted by Crippen LogP contribution is -2.40. The number of hydrogen-bond donors (Lipinski definition) is 2. The van der Waals surface area contributed by atoms with E-state index in [1.807, 2.05) is 12.1 Å². The van der Waals surface area contributed by atoms with Crippen molar-refractivity contribution in [3.05, 3.63) is 35.4 Å². The maximum Gasteiger partial charge on any atom is 0.317 e. The van der Waals surface area contributed by atoms with E-state index in [4.69, 9.17) is 0 Å². The molecule has 5 heteroatoms. The summed E-state index contributed by atoms with van der Waals surface area (Å²) in [6.07, 6.45) is -0.488. The number of nitrogens with zero attached hydrogens (tertiary/aromatic N) is 2. The number of nitrogens with one attached hydrogen (secondary N) is 1. The Balaban J connectivity index is 1.51. The SMILES string of the molecule is O=C1NCCN1CC(O)CN1Cc2ccccc2C1. The molecular formula is C14H19N3O2. The topological polar surface area (TPSA) is 55.8 Å². The van der Waals surface area contributed by atoms with Gasteiger partial charge in [0.1, 0.15) is 0 Å². The molecule has 102 valence electrons. The van der Waals surface area contributed by atoms with Crippen LogP contribution in [-0.2, 0) is 13.1 Å². The molecule has 3 rings (SSSR count). The molecule has 1 unspecified atom stereocenters. The molecule has 0 spiro atoms. The van der Waals surface area contributed by atoms with Crippen LogP contribution in [0.25, 0.3) is 0 Å². The minimum atomic E-state index is -0.488. The van der Waals surface area contributed by atoms with Crippen LogP contribution in [-0.4, -0.2) is 53.2 Å². The van der Waals surface area contributed by atoms with Gasteiger partial charge in [-0.25, -0.2) is 4.79 Å². The quantitative estimate of drug-likeness (QED) is 0.824. The van der Waals surface area contributed by atoms with Crippen molar-refractivity contribution in [1.82, 2.24) is 15.1 Å². The first kappa shape index (κ1) is 12.4. The smallest absolute Gasteiger partial charge is 0.317 e. The highest BCUT2D eigenvalue weighted by Crippen LogP contribution is 2.22. The summed E-state index contributed by atoms with van der Waals surface area (Å²) in [5.41, 5.74) is 2.68. The number of β-amino-alcohol motifs (C(OH)–C–C–N with tert-alkyl or cyclic N) is 1. The van der Waals surface area contributed by atoms with Crippen LogP contribution < -0.4 is 5.32 Å². The van der Waals surface area contributed by atoms with E-state index in [1.54, 1.807) is 4.90 Å². The Kier molecular flexibility index (Phi) is 3.40. The summed E-state index contributed by atoms with van der Waals surface area (Å²) < 4.78 is 0. The number of amides is 2. The van der Waals surface area contributed by atoms with Crippen LogP contribution in [0, 0.1) is 0 Å². The Hall–Kier alpha value is -1.59. The molecule has 0 aliphatic carbocycles. The summed E-state index contributed by atoms with van der Waals surface area (Å²) in [5.74, 6) is 0. The van der Waals surface area contributed by atoms with Crippen molar-refractivity contribution >= 4 is 6.03 Å². The molecule has 1 aromatic carbocycles. The first-order valence-electron chi connectivity index (χ1n) is 6.72. The van der Waals surface area contributed by atoms with E-state index >= 15 is 0 Å². The van der Waals surface area contributed by atoms with Crippen molar-refractivity contribution in [2.45, 2.75) is 19.2 Å². The number of carbonyl (C=O) groups is 1. The molecule has 1 fully saturated rings. The average Bonchev–Trinajstić information content (AvgIpc) is 2.95. The number of urea groups is 1. The van der Waals surface area contributed by atoms with Crippen LogP contribution in [0.2, 0.25) is 0 Å². The monoisotopic (exact) mass is 261 g/mol. The van der Waals surface area contributed by atoms with Gasteiger partial charge in [0.05, 0.1) is 6.10 Å². The number of aliphatic hydroxyl groups is 1. The van der Waals surface area contributed by atoms with Gasteiger partial charge in [0, 0.05) is 39.3 Å². The van der Waals surface area contributed by atoms with E-state index in [2.05, 4.69) is 22.3 Å². The number of rotatable bonds is 4. The van der Waals surface area contributed by atoms with Crippen LogP contribution in [0.3, 0.4) is 0 Å². The van der Waals surface area contributed by atoms with Crippen molar-refractivity contribution in [3.63, 3.8) is 0 Å². The molecule has 0 radical (unpaired) electrons. The number of fused-ring (bicyclic) bond motifs is 1. The van der Waals surface area contributed by atoms with Gasteiger partial charge in [-0.3, -0.25) is 4.90 Å². The summed E-state index contributed by atoms with van der Waals surface area (Å²) in [5, 5.41) is 12.8. The third-order valence-electron chi connectivity index (χ3n) is 3.75. The predicted octanol–water partition coefficient (Wildman–Crippen LogP) is 0.388. The third-order valence-corrected chi connectivity index (χ3v) is 3.75. The van der Waals surface area contributed by atoms with Crippen molar-refractivity contribution in [3.8, 4) is 0 Å². The lowest BCUT2D eigenvalue weighted by atomic mass is 10.1. The van der Waals surface area contributed by atoms with Gasteiger partial charge in [0.2, 0.25) is 0 Å². The lowest BCUT2D eigenvalue weighted by Gasteiger charge is -2.23. The molecule has 19 heavy (non-hydrogen) atoms. The minimum Gasteiger partial charge on any atom is -0.390 e. The van der Waals surface area contributed by atoms with Gasteiger partial charge in [0.15, 0.2) is 0 Å². The van der Waals surface area contributed by atoms with E-state index in [0.717, 1.165) is 13.1 Å². The second kappa shape index (κ2) is 5.19. The van der Waals surface area contributed by atoms with Crippen molar-refractivity contribution in [1.29, 1.82) is 0 Å². The number of carbonyl (C=O) groups excluding carboxylic acids is 1. The zero-order valence-corrected chi connectivity index (χ0v) is 10.9. The van der Waals surface area contributed by atoms with E-state index in [1.165, 1.54) is 11.1 Å². The Morgan fingerprint density at radius 3 is 2.47 bits per heavy atom. The lowest BCUT2D eigenvalue weighted by molar-refractivity contribution is 0.0869. The zero-order chi connectivity index (χ0) is 13.2. The summed E-state index contributed by atoms with van der Waals surface area (Å²) >= 11 is 0. The largest absolute Gasteiger partial charge is 0.390 e. The van der Waals surface area contributed by atoms with Crippen LogP contribution in [0.15, 0.2) is 24.3 Å². The molecule has 0 aromatic heterocycles. The number of hydrogen-bond acceptors (Lipinski definition) is 3. The molecule has 2 aliphatic heterocycles. The van der Waals surface area contributed by atoms with Gasteiger partial charge in [0.25, 0.3) is 0 Å². The Labute approximate surface area is 112 Å². The minimum absolute atomic E-state index is 0.0660. The normalized spacial score (nSPS) is 20.5. The molecule has 5 nitrogen and oxygen atoms in total. The molecule has 0 saturated carbocycles. The molecule has 0 bridgehead atoms. The number of benzene rings is 1.